The standard InChI is InChI=1S/C20H33BrN4O2.HI/c1-5-22-20(23-11-16-6-7-19(26-4)18(21)10-16)24-12-17-14-25(8-9-27-17)13-15(2)3;/h6-7,10,15,17H,5,8-9,11-14H2,1-4H3,(H2,22,23,24);1H. The van der Waals surface area contributed by atoms with Crippen molar-refractivity contribution in [3.05, 3.63) is 28.2 Å². The molecule has 28 heavy (non-hydrogen) atoms. The van der Waals surface area contributed by atoms with Crippen molar-refractivity contribution in [1.82, 2.24) is 15.5 Å². The van der Waals surface area contributed by atoms with Gasteiger partial charge in [-0.2, -0.15) is 0 Å². The molecule has 1 aliphatic rings. The van der Waals surface area contributed by atoms with Crippen LogP contribution in [0.2, 0.25) is 0 Å². The van der Waals surface area contributed by atoms with Crippen LogP contribution in [0, 0.1) is 5.92 Å². The summed E-state index contributed by atoms with van der Waals surface area (Å²) in [5.41, 5.74) is 1.12. The molecule has 1 aromatic rings. The highest BCUT2D eigenvalue weighted by molar-refractivity contribution is 14.0. The quantitative estimate of drug-likeness (QED) is 0.286. The molecule has 2 N–H and O–H groups in total. The number of methoxy groups -OCH3 is 1. The number of halogens is 2. The van der Waals surface area contributed by atoms with Crippen molar-refractivity contribution in [2.45, 2.75) is 33.4 Å². The van der Waals surface area contributed by atoms with Crippen molar-refractivity contribution in [1.29, 1.82) is 0 Å². The van der Waals surface area contributed by atoms with Gasteiger partial charge < -0.3 is 20.1 Å². The molecule has 0 radical (unpaired) electrons. The Labute approximate surface area is 195 Å². The van der Waals surface area contributed by atoms with Crippen LogP contribution in [-0.2, 0) is 11.3 Å². The Morgan fingerprint density at radius 2 is 2.18 bits per heavy atom. The summed E-state index contributed by atoms with van der Waals surface area (Å²) in [6, 6.07) is 6.03. The Bertz CT molecular complexity index is 616. The second-order valence-electron chi connectivity index (χ2n) is 7.19. The van der Waals surface area contributed by atoms with E-state index in [1.165, 1.54) is 0 Å². The lowest BCUT2D eigenvalue weighted by molar-refractivity contribution is -0.0284. The summed E-state index contributed by atoms with van der Waals surface area (Å²) in [5.74, 6) is 2.32. The molecule has 1 unspecified atom stereocenters. The van der Waals surface area contributed by atoms with E-state index in [0.717, 1.165) is 61.1 Å². The van der Waals surface area contributed by atoms with Gasteiger partial charge in [-0.1, -0.05) is 19.9 Å². The summed E-state index contributed by atoms with van der Waals surface area (Å²) < 4.78 is 12.1. The van der Waals surface area contributed by atoms with Crippen molar-refractivity contribution >= 4 is 45.9 Å². The Balaban J connectivity index is 0.00000392. The molecule has 8 heteroatoms. The molecule has 160 valence electrons. The second kappa shape index (κ2) is 13.6. The molecule has 1 aromatic carbocycles. The van der Waals surface area contributed by atoms with Gasteiger partial charge in [-0.05, 0) is 46.5 Å². The van der Waals surface area contributed by atoms with Crippen LogP contribution in [0.1, 0.15) is 26.3 Å². The van der Waals surface area contributed by atoms with Crippen LogP contribution in [0.3, 0.4) is 0 Å². The summed E-state index contributed by atoms with van der Waals surface area (Å²) in [6.45, 7) is 12.7. The highest BCUT2D eigenvalue weighted by Crippen LogP contribution is 2.25. The number of guanidine groups is 1. The molecule has 0 amide bonds. The Kier molecular flexibility index (Phi) is 12.4. The molecular formula is C20H34BrIN4O2. The zero-order chi connectivity index (χ0) is 19.6. The molecule has 0 spiro atoms. The summed E-state index contributed by atoms with van der Waals surface area (Å²) in [6.07, 6.45) is 0.191. The van der Waals surface area contributed by atoms with Crippen LogP contribution in [-0.4, -0.2) is 63.4 Å². The molecule has 6 nitrogen and oxygen atoms in total. The minimum Gasteiger partial charge on any atom is -0.496 e. The predicted molar refractivity (Wildman–Crippen MR) is 130 cm³/mol. The molecule has 1 heterocycles. The fourth-order valence-corrected chi connectivity index (χ4v) is 3.71. The molecule has 1 fully saturated rings. The van der Waals surface area contributed by atoms with Crippen molar-refractivity contribution in [3.8, 4) is 5.75 Å². The first-order valence-corrected chi connectivity index (χ1v) is 10.5. The molecule has 1 saturated heterocycles. The fraction of sp³-hybridized carbons (Fsp3) is 0.650. The van der Waals surface area contributed by atoms with Crippen LogP contribution >= 0.6 is 39.9 Å². The largest absolute Gasteiger partial charge is 0.496 e. The Morgan fingerprint density at radius 1 is 1.39 bits per heavy atom. The third-order valence-electron chi connectivity index (χ3n) is 4.32. The first-order chi connectivity index (χ1) is 13.0. The van der Waals surface area contributed by atoms with Gasteiger partial charge in [0.05, 0.1) is 30.8 Å². The number of ether oxygens (including phenoxy) is 2. The van der Waals surface area contributed by atoms with Gasteiger partial charge in [0, 0.05) is 32.7 Å². The van der Waals surface area contributed by atoms with Gasteiger partial charge in [0.1, 0.15) is 5.75 Å². The number of hydrogen-bond donors (Lipinski definition) is 2. The van der Waals surface area contributed by atoms with Gasteiger partial charge in [-0.3, -0.25) is 4.90 Å². The molecule has 0 aliphatic carbocycles. The van der Waals surface area contributed by atoms with Crippen molar-refractivity contribution in [2.75, 3.05) is 46.4 Å². The van der Waals surface area contributed by atoms with E-state index in [2.05, 4.69) is 52.2 Å². The van der Waals surface area contributed by atoms with Gasteiger partial charge in [-0.15, -0.1) is 24.0 Å². The van der Waals surface area contributed by atoms with Crippen LogP contribution < -0.4 is 15.4 Å². The maximum atomic E-state index is 5.92. The van der Waals surface area contributed by atoms with E-state index in [1.807, 2.05) is 18.2 Å². The monoisotopic (exact) mass is 568 g/mol. The third kappa shape index (κ3) is 8.84. The fourth-order valence-electron chi connectivity index (χ4n) is 3.12. The summed E-state index contributed by atoms with van der Waals surface area (Å²) in [5, 5.41) is 6.73. The van der Waals surface area contributed by atoms with Crippen LogP contribution in [0.4, 0.5) is 0 Å². The molecule has 1 aliphatic heterocycles. The molecule has 1 atom stereocenters. The predicted octanol–water partition coefficient (Wildman–Crippen LogP) is 3.49. The van der Waals surface area contributed by atoms with Crippen LogP contribution in [0.5, 0.6) is 5.75 Å². The first-order valence-electron chi connectivity index (χ1n) is 9.70. The van der Waals surface area contributed by atoms with Crippen molar-refractivity contribution in [3.63, 3.8) is 0 Å². The van der Waals surface area contributed by atoms with Gasteiger partial charge in [0.25, 0.3) is 0 Å². The number of aliphatic imine (C=N–C) groups is 1. The second-order valence-corrected chi connectivity index (χ2v) is 8.05. The number of hydrogen-bond acceptors (Lipinski definition) is 4. The van der Waals surface area contributed by atoms with E-state index in [4.69, 9.17) is 14.5 Å². The van der Waals surface area contributed by atoms with Gasteiger partial charge >= 0.3 is 0 Å². The zero-order valence-electron chi connectivity index (χ0n) is 17.3. The molecule has 0 bridgehead atoms. The molecular weight excluding hydrogens is 535 g/mol. The number of morpholine rings is 1. The number of rotatable bonds is 8. The van der Waals surface area contributed by atoms with Crippen LogP contribution in [0.15, 0.2) is 27.7 Å². The minimum atomic E-state index is 0. The van der Waals surface area contributed by atoms with Gasteiger partial charge in [0.15, 0.2) is 5.96 Å². The topological polar surface area (TPSA) is 58.1 Å². The van der Waals surface area contributed by atoms with Crippen LogP contribution in [0.25, 0.3) is 0 Å². The van der Waals surface area contributed by atoms with Crippen molar-refractivity contribution in [2.24, 2.45) is 10.9 Å². The van der Waals surface area contributed by atoms with Crippen molar-refractivity contribution < 1.29 is 9.47 Å². The highest BCUT2D eigenvalue weighted by atomic mass is 127. The molecule has 0 aromatic heterocycles. The average molecular weight is 569 g/mol. The van der Waals surface area contributed by atoms with Gasteiger partial charge in [-0.25, -0.2) is 4.99 Å². The zero-order valence-corrected chi connectivity index (χ0v) is 21.2. The number of benzene rings is 1. The number of nitrogens with one attached hydrogen (secondary N) is 2. The minimum absolute atomic E-state index is 0. The third-order valence-corrected chi connectivity index (χ3v) is 4.94. The number of nitrogens with zero attached hydrogens (tertiary/aromatic N) is 2. The SMILES string of the molecule is CCNC(=NCc1ccc(OC)c(Br)c1)NCC1CN(CC(C)C)CCO1.I. The van der Waals surface area contributed by atoms with E-state index >= 15 is 0 Å². The van der Waals surface area contributed by atoms with E-state index in [9.17, 15) is 0 Å². The molecule has 0 saturated carbocycles. The average Bonchev–Trinajstić information content (AvgIpc) is 2.64. The smallest absolute Gasteiger partial charge is 0.191 e. The lowest BCUT2D eigenvalue weighted by atomic mass is 10.2. The van der Waals surface area contributed by atoms with E-state index in [1.54, 1.807) is 7.11 Å². The molecule has 2 rings (SSSR count). The maximum Gasteiger partial charge on any atom is 0.191 e. The maximum absolute atomic E-state index is 5.92. The Morgan fingerprint density at radius 3 is 2.82 bits per heavy atom. The summed E-state index contributed by atoms with van der Waals surface area (Å²) >= 11 is 3.52. The summed E-state index contributed by atoms with van der Waals surface area (Å²) in [7, 11) is 1.67. The highest BCUT2D eigenvalue weighted by Gasteiger charge is 2.21. The van der Waals surface area contributed by atoms with Gasteiger partial charge in [0.2, 0.25) is 0 Å². The van der Waals surface area contributed by atoms with E-state index in [0.29, 0.717) is 12.5 Å². The van der Waals surface area contributed by atoms with E-state index < -0.39 is 0 Å². The van der Waals surface area contributed by atoms with E-state index in [-0.39, 0.29) is 30.1 Å². The lowest BCUT2D eigenvalue weighted by Crippen LogP contribution is -2.50. The first kappa shape index (κ1) is 25.5. The summed E-state index contributed by atoms with van der Waals surface area (Å²) in [4.78, 5) is 7.18. The normalized spacial score (nSPS) is 17.9. The Hall–Kier alpha value is -0.580. The lowest BCUT2D eigenvalue weighted by Gasteiger charge is -2.34.